The van der Waals surface area contributed by atoms with E-state index in [1.165, 1.54) is 23.1 Å². The molecule has 1 aliphatic rings. The molecule has 0 atom stereocenters. The molecule has 5 nitrogen and oxygen atoms in total. The molecule has 7 heteroatoms. The second kappa shape index (κ2) is 9.11. The van der Waals surface area contributed by atoms with Gasteiger partial charge in [-0.2, -0.15) is 4.99 Å². The molecule has 3 aromatic rings. The summed E-state index contributed by atoms with van der Waals surface area (Å²) in [5.74, 6) is 0.653. The van der Waals surface area contributed by atoms with Crippen LogP contribution in [0.3, 0.4) is 0 Å². The molecule has 0 aliphatic carbocycles. The molecule has 30 heavy (non-hydrogen) atoms. The quantitative estimate of drug-likeness (QED) is 0.363. The third kappa shape index (κ3) is 4.53. The van der Waals surface area contributed by atoms with Crippen LogP contribution in [0.25, 0.3) is 6.08 Å². The molecule has 1 aromatic heterocycles. The van der Waals surface area contributed by atoms with Crippen molar-refractivity contribution < 1.29 is 9.53 Å². The number of aryl methyl sites for hydroxylation is 1. The van der Waals surface area contributed by atoms with Gasteiger partial charge in [0, 0.05) is 5.38 Å². The first-order valence-electron chi connectivity index (χ1n) is 9.27. The van der Waals surface area contributed by atoms with Crippen molar-refractivity contribution >= 4 is 51.1 Å². The first-order chi connectivity index (χ1) is 14.6. The first kappa shape index (κ1) is 20.1. The normalized spacial score (nSPS) is 16.4. The van der Waals surface area contributed by atoms with Gasteiger partial charge >= 0.3 is 0 Å². The molecule has 0 bridgehead atoms. The minimum absolute atomic E-state index is 0.106. The summed E-state index contributed by atoms with van der Waals surface area (Å²) in [7, 11) is 0. The molecule has 0 spiro atoms. The van der Waals surface area contributed by atoms with Crippen LogP contribution in [0, 0.1) is 6.92 Å². The summed E-state index contributed by atoms with van der Waals surface area (Å²) in [4.78, 5) is 24.5. The van der Waals surface area contributed by atoms with Crippen molar-refractivity contribution in [2.24, 2.45) is 4.99 Å². The molecule has 2 aromatic carbocycles. The standard InChI is InChI=1S/C23H19N3O2S2/c1-3-13-28-19-11-9-17(10-12-19)14-20-21(27)26(18-7-5-4-6-8-18)23(30-20)25-22-24-16(2)15-29-22/h3-12,14-15H,1,13H2,2H3/b20-14-,25-23+. The van der Waals surface area contributed by atoms with Gasteiger partial charge in [-0.15, -0.1) is 11.3 Å². The van der Waals surface area contributed by atoms with Crippen LogP contribution in [-0.2, 0) is 4.79 Å². The van der Waals surface area contributed by atoms with Gasteiger partial charge in [0.1, 0.15) is 12.4 Å². The zero-order chi connectivity index (χ0) is 20.9. The summed E-state index contributed by atoms with van der Waals surface area (Å²) in [6.07, 6.45) is 3.57. The van der Waals surface area contributed by atoms with Crippen LogP contribution in [0.1, 0.15) is 11.3 Å². The molecular formula is C23H19N3O2S2. The molecular weight excluding hydrogens is 414 g/mol. The third-order valence-electron chi connectivity index (χ3n) is 4.16. The lowest BCUT2D eigenvalue weighted by Gasteiger charge is -2.14. The van der Waals surface area contributed by atoms with Crippen LogP contribution in [0.15, 0.2) is 82.5 Å². The third-order valence-corrected chi connectivity index (χ3v) is 5.99. The Labute approximate surface area is 183 Å². The number of benzene rings is 2. The zero-order valence-electron chi connectivity index (χ0n) is 16.3. The number of carbonyl (C=O) groups excluding carboxylic acids is 1. The number of hydrogen-bond donors (Lipinski definition) is 0. The smallest absolute Gasteiger partial charge is 0.271 e. The van der Waals surface area contributed by atoms with Gasteiger partial charge in [-0.25, -0.2) is 4.98 Å². The number of para-hydroxylation sites is 1. The van der Waals surface area contributed by atoms with Crippen LogP contribution in [-0.4, -0.2) is 22.7 Å². The molecule has 1 aliphatic heterocycles. The van der Waals surface area contributed by atoms with Gasteiger partial charge in [-0.05, 0) is 54.6 Å². The van der Waals surface area contributed by atoms with Crippen molar-refractivity contribution in [2.45, 2.75) is 6.92 Å². The van der Waals surface area contributed by atoms with Gasteiger partial charge in [0.05, 0.1) is 16.3 Å². The number of nitrogens with zero attached hydrogens (tertiary/aromatic N) is 3. The summed E-state index contributed by atoms with van der Waals surface area (Å²) in [6.45, 7) is 6.03. The number of thiazole rings is 1. The van der Waals surface area contributed by atoms with Gasteiger partial charge < -0.3 is 4.74 Å². The van der Waals surface area contributed by atoms with Gasteiger partial charge in [0.2, 0.25) is 5.13 Å². The van der Waals surface area contributed by atoms with E-state index < -0.39 is 0 Å². The molecule has 1 saturated heterocycles. The second-order valence-corrected chi connectivity index (χ2v) is 8.27. The maximum Gasteiger partial charge on any atom is 0.271 e. The van der Waals surface area contributed by atoms with E-state index in [1.807, 2.05) is 73.0 Å². The van der Waals surface area contributed by atoms with Crippen LogP contribution in [0.5, 0.6) is 5.75 Å². The fourth-order valence-corrected chi connectivity index (χ4v) is 4.50. The molecule has 2 heterocycles. The number of anilines is 1. The Morgan fingerprint density at radius 3 is 2.60 bits per heavy atom. The number of thioether (sulfide) groups is 1. The van der Waals surface area contributed by atoms with Crippen LogP contribution in [0.4, 0.5) is 10.8 Å². The Morgan fingerprint density at radius 1 is 1.17 bits per heavy atom. The van der Waals surface area contributed by atoms with Crippen molar-refractivity contribution in [1.82, 2.24) is 4.98 Å². The maximum atomic E-state index is 13.2. The monoisotopic (exact) mass is 433 g/mol. The number of hydrogen-bond acceptors (Lipinski definition) is 6. The minimum Gasteiger partial charge on any atom is -0.490 e. The number of aliphatic imine (C=N–C) groups is 1. The van der Waals surface area contributed by atoms with Gasteiger partial charge in [-0.3, -0.25) is 9.69 Å². The fourth-order valence-electron chi connectivity index (χ4n) is 2.80. The molecule has 0 unspecified atom stereocenters. The number of amidine groups is 1. The van der Waals surface area contributed by atoms with Crippen molar-refractivity contribution in [2.75, 3.05) is 11.5 Å². The van der Waals surface area contributed by atoms with Crippen LogP contribution in [0.2, 0.25) is 0 Å². The highest BCUT2D eigenvalue weighted by Crippen LogP contribution is 2.37. The summed E-state index contributed by atoms with van der Waals surface area (Å²) in [6, 6.07) is 17.1. The molecule has 4 rings (SSSR count). The van der Waals surface area contributed by atoms with E-state index in [1.54, 1.807) is 11.0 Å². The highest BCUT2D eigenvalue weighted by atomic mass is 32.2. The number of rotatable bonds is 6. The lowest BCUT2D eigenvalue weighted by atomic mass is 10.2. The SMILES string of the molecule is C=CCOc1ccc(/C=C2\S/C(=N/c3nc(C)cs3)N(c3ccccc3)C2=O)cc1. The number of carbonyl (C=O) groups is 1. The Balaban J connectivity index is 1.66. The van der Waals surface area contributed by atoms with Crippen molar-refractivity contribution in [3.8, 4) is 5.75 Å². The van der Waals surface area contributed by atoms with E-state index >= 15 is 0 Å². The predicted octanol–water partition coefficient (Wildman–Crippen LogP) is 5.82. The van der Waals surface area contributed by atoms with E-state index in [-0.39, 0.29) is 5.91 Å². The lowest BCUT2D eigenvalue weighted by Crippen LogP contribution is -2.28. The molecule has 1 amide bonds. The Kier molecular flexibility index (Phi) is 6.11. The molecule has 0 N–H and O–H groups in total. The van der Waals surface area contributed by atoms with Gasteiger partial charge in [-0.1, -0.05) is 43.0 Å². The maximum absolute atomic E-state index is 13.2. The first-order valence-corrected chi connectivity index (χ1v) is 11.0. The Bertz CT molecular complexity index is 1120. The predicted molar refractivity (Wildman–Crippen MR) is 126 cm³/mol. The van der Waals surface area contributed by atoms with Gasteiger partial charge in [0.15, 0.2) is 5.17 Å². The van der Waals surface area contributed by atoms with Crippen LogP contribution < -0.4 is 9.64 Å². The topological polar surface area (TPSA) is 54.8 Å². The molecule has 0 saturated carbocycles. The van der Waals surface area contributed by atoms with Crippen LogP contribution >= 0.6 is 23.1 Å². The summed E-state index contributed by atoms with van der Waals surface area (Å²) < 4.78 is 5.52. The second-order valence-electron chi connectivity index (χ2n) is 6.42. The Hall–Kier alpha value is -3.16. The average Bonchev–Trinajstić information content (AvgIpc) is 3.31. The van der Waals surface area contributed by atoms with Crippen molar-refractivity contribution in [3.05, 3.63) is 88.8 Å². The summed E-state index contributed by atoms with van der Waals surface area (Å²) in [5, 5.41) is 3.17. The Morgan fingerprint density at radius 2 is 1.93 bits per heavy atom. The molecule has 0 radical (unpaired) electrons. The minimum atomic E-state index is -0.106. The zero-order valence-corrected chi connectivity index (χ0v) is 18.0. The van der Waals surface area contributed by atoms with Crippen molar-refractivity contribution in [3.63, 3.8) is 0 Å². The van der Waals surface area contributed by atoms with Crippen molar-refractivity contribution in [1.29, 1.82) is 0 Å². The van der Waals surface area contributed by atoms with E-state index in [2.05, 4.69) is 16.6 Å². The van der Waals surface area contributed by atoms with E-state index in [9.17, 15) is 4.79 Å². The van der Waals surface area contributed by atoms with E-state index in [4.69, 9.17) is 4.74 Å². The summed E-state index contributed by atoms with van der Waals surface area (Å²) >= 11 is 2.81. The number of aromatic nitrogens is 1. The largest absolute Gasteiger partial charge is 0.490 e. The van der Waals surface area contributed by atoms with Gasteiger partial charge in [0.25, 0.3) is 5.91 Å². The number of amides is 1. The number of ether oxygens (including phenoxy) is 1. The summed E-state index contributed by atoms with van der Waals surface area (Å²) in [5.41, 5.74) is 2.60. The lowest BCUT2D eigenvalue weighted by molar-refractivity contribution is -0.113. The van der Waals surface area contributed by atoms with E-state index in [0.29, 0.717) is 21.8 Å². The highest BCUT2D eigenvalue weighted by Gasteiger charge is 2.34. The van der Waals surface area contributed by atoms with E-state index in [0.717, 1.165) is 22.7 Å². The highest BCUT2D eigenvalue weighted by molar-refractivity contribution is 8.19. The fraction of sp³-hybridized carbons (Fsp3) is 0.0870. The molecule has 150 valence electrons. The molecule has 1 fully saturated rings. The average molecular weight is 434 g/mol.